The van der Waals surface area contributed by atoms with E-state index in [1.165, 1.54) is 29.6 Å². The Morgan fingerprint density at radius 3 is 2.78 bits per heavy atom. The van der Waals surface area contributed by atoms with Crippen LogP contribution in [-0.2, 0) is 4.79 Å². The van der Waals surface area contributed by atoms with E-state index in [0.29, 0.717) is 36.2 Å². The van der Waals surface area contributed by atoms with Gasteiger partial charge in [0.25, 0.3) is 5.91 Å². The number of aromatic nitrogens is 1. The molecule has 1 unspecified atom stereocenters. The molecule has 27 heavy (non-hydrogen) atoms. The number of hydrogen-bond acceptors (Lipinski definition) is 5. The lowest BCUT2D eigenvalue weighted by Crippen LogP contribution is -2.54. The van der Waals surface area contributed by atoms with Crippen LogP contribution in [0.15, 0.2) is 46.7 Å². The molecule has 138 valence electrons. The van der Waals surface area contributed by atoms with Crippen LogP contribution in [0.1, 0.15) is 23.2 Å². The molecule has 0 aromatic carbocycles. The zero-order chi connectivity index (χ0) is 19.0. The van der Waals surface area contributed by atoms with E-state index in [1.54, 1.807) is 23.1 Å². The number of fused-ring (bicyclic) bond motifs is 1. The van der Waals surface area contributed by atoms with Crippen molar-refractivity contribution in [3.05, 3.63) is 47.4 Å². The molecule has 3 aliphatic heterocycles. The fourth-order valence-corrected chi connectivity index (χ4v) is 3.56. The van der Waals surface area contributed by atoms with E-state index in [9.17, 15) is 19.6 Å². The molecule has 0 bridgehead atoms. The summed E-state index contributed by atoms with van der Waals surface area (Å²) in [5.74, 6) is -0.950. The van der Waals surface area contributed by atoms with Crippen molar-refractivity contribution in [2.75, 3.05) is 13.1 Å². The highest BCUT2D eigenvalue weighted by atomic mass is 16.5. The number of likely N-dealkylation sites (tertiary alicyclic amines) is 1. The zero-order valence-electron chi connectivity index (χ0n) is 14.4. The van der Waals surface area contributed by atoms with Crippen LogP contribution in [0.25, 0.3) is 0 Å². The van der Waals surface area contributed by atoms with Crippen molar-refractivity contribution in [3.8, 4) is 0 Å². The van der Waals surface area contributed by atoms with Crippen LogP contribution in [0.3, 0.4) is 0 Å². The summed E-state index contributed by atoms with van der Waals surface area (Å²) in [5.41, 5.74) is 0.315. The predicted molar refractivity (Wildman–Crippen MR) is 95.1 cm³/mol. The van der Waals surface area contributed by atoms with Gasteiger partial charge in [-0.15, -0.1) is 0 Å². The first-order valence-electron chi connectivity index (χ1n) is 8.69. The molecule has 9 heteroatoms. The van der Waals surface area contributed by atoms with Gasteiger partial charge in [-0.3, -0.25) is 14.5 Å². The molecule has 9 nitrogen and oxygen atoms in total. The summed E-state index contributed by atoms with van der Waals surface area (Å²) in [5, 5.41) is 11.4. The molecule has 0 aliphatic carbocycles. The molecule has 4 amide bonds. The molecule has 1 fully saturated rings. The quantitative estimate of drug-likeness (QED) is 0.561. The molecular weight excluding hydrogens is 350 g/mol. The van der Waals surface area contributed by atoms with Gasteiger partial charge in [0.2, 0.25) is 5.91 Å². The van der Waals surface area contributed by atoms with Crippen LogP contribution in [0, 0.1) is 11.1 Å². The fraction of sp³-hybridized carbons (Fsp3) is 0.333. The first-order chi connectivity index (χ1) is 13.0. The molecule has 0 saturated carbocycles. The minimum Gasteiger partial charge on any atom is -0.619 e. The molecule has 0 radical (unpaired) electrons. The second kappa shape index (κ2) is 6.75. The lowest BCUT2D eigenvalue weighted by atomic mass is 9.97. The highest BCUT2D eigenvalue weighted by Gasteiger charge is 2.41. The van der Waals surface area contributed by atoms with E-state index in [0.717, 1.165) is 0 Å². The number of amidine groups is 1. The number of piperidine rings is 1. The average molecular weight is 367 g/mol. The maximum absolute atomic E-state index is 12.7. The second-order valence-corrected chi connectivity index (χ2v) is 6.58. The first kappa shape index (κ1) is 17.1. The standard InChI is InChI=1S/C18H17N5O4/c24-16(12-3-2-8-22(27)11-12)21-9-5-13(6-10-21)23-17(25)14-4-1-7-19-15(14)20-18(23)26/h1-4,7-8,11,13-14H,5-6,9-10H2. The van der Waals surface area contributed by atoms with Crippen molar-refractivity contribution >= 4 is 29.9 Å². The predicted octanol–water partition coefficient (Wildman–Crippen LogP) is 0.542. The monoisotopic (exact) mass is 367 g/mol. The largest absolute Gasteiger partial charge is 0.619 e. The van der Waals surface area contributed by atoms with Crippen LogP contribution >= 0.6 is 0 Å². The number of aliphatic imine (C=N–C) groups is 2. The second-order valence-electron chi connectivity index (χ2n) is 6.58. The third-order valence-corrected chi connectivity index (χ3v) is 4.93. The highest BCUT2D eigenvalue weighted by molar-refractivity contribution is 6.19. The summed E-state index contributed by atoms with van der Waals surface area (Å²) in [6.07, 6.45) is 8.34. The SMILES string of the molecule is O=C(c1ccc[n+]([O-])c1)N1CCC(N2C(=O)N=C3N=CC=CC3C2=O)CC1. The van der Waals surface area contributed by atoms with Gasteiger partial charge in [0.15, 0.2) is 12.4 Å². The minimum absolute atomic E-state index is 0.228. The highest BCUT2D eigenvalue weighted by Crippen LogP contribution is 2.25. The number of urea groups is 1. The molecule has 1 saturated heterocycles. The van der Waals surface area contributed by atoms with Gasteiger partial charge in [0, 0.05) is 31.4 Å². The van der Waals surface area contributed by atoms with Crippen molar-refractivity contribution < 1.29 is 19.1 Å². The third kappa shape index (κ3) is 3.12. The molecular formula is C18H17N5O4. The van der Waals surface area contributed by atoms with Crippen molar-refractivity contribution in [1.82, 2.24) is 9.80 Å². The summed E-state index contributed by atoms with van der Waals surface area (Å²) < 4.78 is 0.584. The summed E-state index contributed by atoms with van der Waals surface area (Å²) >= 11 is 0. The number of imide groups is 1. The summed E-state index contributed by atoms with van der Waals surface area (Å²) in [6.45, 7) is 0.785. The number of rotatable bonds is 2. The summed E-state index contributed by atoms with van der Waals surface area (Å²) in [6, 6.07) is 2.21. The van der Waals surface area contributed by atoms with E-state index < -0.39 is 11.9 Å². The van der Waals surface area contributed by atoms with Gasteiger partial charge >= 0.3 is 6.03 Å². The Bertz CT molecular complexity index is 899. The van der Waals surface area contributed by atoms with Crippen LogP contribution < -0.4 is 4.73 Å². The lowest BCUT2D eigenvalue weighted by molar-refractivity contribution is -0.605. The molecule has 0 spiro atoms. The Hall–Kier alpha value is -3.36. The van der Waals surface area contributed by atoms with Gasteiger partial charge in [-0.1, -0.05) is 6.08 Å². The van der Waals surface area contributed by atoms with Gasteiger partial charge in [0.1, 0.15) is 17.3 Å². The van der Waals surface area contributed by atoms with Crippen LogP contribution in [0.4, 0.5) is 4.79 Å². The van der Waals surface area contributed by atoms with Gasteiger partial charge in [-0.2, -0.15) is 9.72 Å². The number of hydrogen-bond donors (Lipinski definition) is 0. The smallest absolute Gasteiger partial charge is 0.352 e. The number of pyridine rings is 1. The van der Waals surface area contributed by atoms with Crippen LogP contribution in [-0.4, -0.2) is 58.8 Å². The fourth-order valence-electron chi connectivity index (χ4n) is 3.56. The Morgan fingerprint density at radius 1 is 1.26 bits per heavy atom. The van der Waals surface area contributed by atoms with E-state index in [4.69, 9.17) is 0 Å². The molecule has 1 atom stereocenters. The molecule has 1 aromatic heterocycles. The number of carbonyl (C=O) groups is 3. The Morgan fingerprint density at radius 2 is 2.04 bits per heavy atom. The Labute approximate surface area is 154 Å². The summed E-state index contributed by atoms with van der Waals surface area (Å²) in [7, 11) is 0. The minimum atomic E-state index is -0.621. The Balaban J connectivity index is 1.45. The van der Waals surface area contributed by atoms with Gasteiger partial charge in [0.05, 0.1) is 0 Å². The van der Waals surface area contributed by atoms with Gasteiger partial charge in [-0.05, 0) is 25.0 Å². The van der Waals surface area contributed by atoms with E-state index in [-0.39, 0.29) is 23.7 Å². The number of allylic oxidation sites excluding steroid dienone is 1. The van der Waals surface area contributed by atoms with E-state index in [2.05, 4.69) is 9.98 Å². The average Bonchev–Trinajstić information content (AvgIpc) is 2.68. The van der Waals surface area contributed by atoms with Crippen molar-refractivity contribution in [3.63, 3.8) is 0 Å². The maximum atomic E-state index is 12.7. The summed E-state index contributed by atoms with van der Waals surface area (Å²) in [4.78, 5) is 48.4. The Kier molecular flexibility index (Phi) is 4.27. The lowest BCUT2D eigenvalue weighted by Gasteiger charge is -2.39. The molecule has 4 rings (SSSR count). The molecule has 3 aliphatic rings. The van der Waals surface area contributed by atoms with Crippen molar-refractivity contribution in [2.45, 2.75) is 18.9 Å². The van der Waals surface area contributed by atoms with Crippen LogP contribution in [0.2, 0.25) is 0 Å². The molecule has 4 heterocycles. The number of nitrogens with zero attached hydrogens (tertiary/aromatic N) is 5. The number of carbonyl (C=O) groups excluding carboxylic acids is 3. The van der Waals surface area contributed by atoms with Gasteiger partial charge in [-0.25, -0.2) is 9.79 Å². The number of dihydropyridines is 1. The van der Waals surface area contributed by atoms with Crippen molar-refractivity contribution in [1.29, 1.82) is 0 Å². The first-order valence-corrected chi connectivity index (χ1v) is 8.69. The van der Waals surface area contributed by atoms with Crippen molar-refractivity contribution in [2.24, 2.45) is 15.9 Å². The van der Waals surface area contributed by atoms with E-state index in [1.807, 2.05) is 0 Å². The van der Waals surface area contributed by atoms with E-state index >= 15 is 0 Å². The number of amides is 4. The van der Waals surface area contributed by atoms with Gasteiger partial charge < -0.3 is 10.1 Å². The van der Waals surface area contributed by atoms with Crippen LogP contribution in [0.5, 0.6) is 0 Å². The zero-order valence-corrected chi connectivity index (χ0v) is 14.4. The molecule has 0 N–H and O–H groups in total. The topological polar surface area (TPSA) is 109 Å². The normalized spacial score (nSPS) is 22.7. The third-order valence-electron chi connectivity index (χ3n) is 4.93. The molecule has 1 aromatic rings. The maximum Gasteiger partial charge on any atom is 0.352 e.